The van der Waals surface area contributed by atoms with E-state index in [2.05, 4.69) is 32.2 Å². The van der Waals surface area contributed by atoms with Gasteiger partial charge in [0.1, 0.15) is 5.82 Å². The first kappa shape index (κ1) is 14.8. The van der Waals surface area contributed by atoms with Crippen LogP contribution in [0.1, 0.15) is 30.1 Å². The van der Waals surface area contributed by atoms with Crippen molar-refractivity contribution in [3.05, 3.63) is 35.7 Å². The van der Waals surface area contributed by atoms with E-state index in [4.69, 9.17) is 0 Å². The quantitative estimate of drug-likeness (QED) is 0.919. The topological polar surface area (TPSA) is 79.0 Å². The molecule has 122 valence electrons. The molecule has 0 atom stereocenters. The summed E-state index contributed by atoms with van der Waals surface area (Å²) >= 11 is 0. The third-order valence-corrected chi connectivity index (χ3v) is 6.13. The maximum Gasteiger partial charge on any atom is 0.181 e. The molecule has 2 aliphatic rings. The Balaban J connectivity index is 1.41. The first-order valence-electron chi connectivity index (χ1n) is 8.03. The molecular weight excluding hydrogens is 312 g/mol. The molecule has 1 aromatic carbocycles. The van der Waals surface area contributed by atoms with Crippen LogP contribution in [0.25, 0.3) is 11.4 Å². The van der Waals surface area contributed by atoms with Gasteiger partial charge in [0.15, 0.2) is 15.7 Å². The Kier molecular flexibility index (Phi) is 3.69. The van der Waals surface area contributed by atoms with E-state index in [1.54, 1.807) is 0 Å². The summed E-state index contributed by atoms with van der Waals surface area (Å²) in [5.41, 5.74) is 2.20. The van der Waals surface area contributed by atoms with E-state index in [1.807, 2.05) is 12.1 Å². The molecule has 4 rings (SSSR count). The van der Waals surface area contributed by atoms with Crippen LogP contribution in [0.4, 0.5) is 0 Å². The van der Waals surface area contributed by atoms with Crippen LogP contribution in [0.2, 0.25) is 0 Å². The van der Waals surface area contributed by atoms with Gasteiger partial charge in [0.2, 0.25) is 0 Å². The van der Waals surface area contributed by atoms with E-state index in [9.17, 15) is 8.42 Å². The lowest BCUT2D eigenvalue weighted by atomic mass is 10.1. The van der Waals surface area contributed by atoms with Crippen molar-refractivity contribution in [1.29, 1.82) is 0 Å². The Morgan fingerprint density at radius 2 is 1.83 bits per heavy atom. The van der Waals surface area contributed by atoms with Gasteiger partial charge < -0.3 is 0 Å². The molecule has 23 heavy (non-hydrogen) atoms. The average molecular weight is 332 g/mol. The van der Waals surface area contributed by atoms with Crippen LogP contribution in [0.5, 0.6) is 0 Å². The summed E-state index contributed by atoms with van der Waals surface area (Å²) in [6, 6.07) is 8.23. The number of H-pyrrole nitrogens is 1. The van der Waals surface area contributed by atoms with E-state index in [1.165, 1.54) is 18.4 Å². The largest absolute Gasteiger partial charge is 0.297 e. The van der Waals surface area contributed by atoms with Gasteiger partial charge in [0.05, 0.1) is 11.5 Å². The van der Waals surface area contributed by atoms with E-state index in [-0.39, 0.29) is 11.5 Å². The van der Waals surface area contributed by atoms with Crippen LogP contribution in [-0.2, 0) is 16.4 Å². The van der Waals surface area contributed by atoms with E-state index < -0.39 is 9.84 Å². The predicted molar refractivity (Wildman–Crippen MR) is 87.7 cm³/mol. The van der Waals surface area contributed by atoms with Crippen LogP contribution in [-0.4, -0.2) is 53.1 Å². The normalized spacial score (nSPS) is 21.4. The fraction of sp³-hybridized carbons (Fsp3) is 0.500. The van der Waals surface area contributed by atoms with Crippen molar-refractivity contribution in [2.45, 2.75) is 25.3 Å². The number of nitrogens with zero attached hydrogens (tertiary/aromatic N) is 3. The lowest BCUT2D eigenvalue weighted by Crippen LogP contribution is -2.39. The number of hydrogen-bond donors (Lipinski definition) is 1. The fourth-order valence-electron chi connectivity index (χ4n) is 2.87. The predicted octanol–water partition coefficient (Wildman–Crippen LogP) is 1.58. The van der Waals surface area contributed by atoms with Crippen molar-refractivity contribution in [2.24, 2.45) is 0 Å². The molecule has 0 radical (unpaired) electrons. The van der Waals surface area contributed by atoms with Crippen LogP contribution >= 0.6 is 0 Å². The third-order valence-electron chi connectivity index (χ3n) is 4.52. The number of nitrogens with one attached hydrogen (secondary N) is 1. The highest BCUT2D eigenvalue weighted by Crippen LogP contribution is 2.38. The van der Waals surface area contributed by atoms with Gasteiger partial charge in [-0.2, -0.15) is 5.10 Å². The van der Waals surface area contributed by atoms with Gasteiger partial charge in [0, 0.05) is 31.1 Å². The maximum atomic E-state index is 11.5. The maximum absolute atomic E-state index is 11.5. The first-order chi connectivity index (χ1) is 11.1. The highest BCUT2D eigenvalue weighted by molar-refractivity contribution is 7.91. The Hall–Kier alpha value is -1.73. The molecule has 2 aromatic rings. The van der Waals surface area contributed by atoms with E-state index in [0.29, 0.717) is 19.0 Å². The molecule has 1 aliphatic carbocycles. The zero-order valence-corrected chi connectivity index (χ0v) is 13.7. The molecule has 1 aliphatic heterocycles. The molecule has 0 bridgehead atoms. The summed E-state index contributed by atoms with van der Waals surface area (Å²) < 4.78 is 22.9. The molecule has 0 unspecified atom stereocenters. The minimum Gasteiger partial charge on any atom is -0.297 e. The van der Waals surface area contributed by atoms with Crippen molar-refractivity contribution in [2.75, 3.05) is 24.6 Å². The molecule has 1 aromatic heterocycles. The molecule has 1 N–H and O–H groups in total. The summed E-state index contributed by atoms with van der Waals surface area (Å²) in [7, 11) is -2.81. The van der Waals surface area contributed by atoms with Gasteiger partial charge in [-0.3, -0.25) is 10.00 Å². The second-order valence-electron chi connectivity index (χ2n) is 6.44. The van der Waals surface area contributed by atoms with E-state index >= 15 is 0 Å². The standard InChI is InChI=1S/C16H20N4O2S/c21-23(22)9-7-20(8-10-23)11-12-1-3-13(4-2-12)15-17-16(19-18-15)14-5-6-14/h1-4,14H,5-11H2,(H,17,18,19). The van der Waals surface area contributed by atoms with Crippen LogP contribution in [0.15, 0.2) is 24.3 Å². The zero-order chi connectivity index (χ0) is 15.9. The van der Waals surface area contributed by atoms with Crippen molar-refractivity contribution in [3.8, 4) is 11.4 Å². The SMILES string of the molecule is O=S1(=O)CCN(Cc2ccc(-c3n[nH]c(C4CC4)n3)cc2)CC1. The molecule has 1 saturated carbocycles. The van der Waals surface area contributed by atoms with Gasteiger partial charge in [-0.1, -0.05) is 24.3 Å². The smallest absolute Gasteiger partial charge is 0.181 e. The number of rotatable bonds is 4. The summed E-state index contributed by atoms with van der Waals surface area (Å²) in [5.74, 6) is 2.87. The summed E-state index contributed by atoms with van der Waals surface area (Å²) in [6.07, 6.45) is 2.41. The van der Waals surface area contributed by atoms with Gasteiger partial charge in [0.25, 0.3) is 0 Å². The highest BCUT2D eigenvalue weighted by atomic mass is 32.2. The highest BCUT2D eigenvalue weighted by Gasteiger charge is 2.27. The summed E-state index contributed by atoms with van der Waals surface area (Å²) in [6.45, 7) is 2.03. The molecule has 6 nitrogen and oxygen atoms in total. The number of hydrogen-bond acceptors (Lipinski definition) is 5. The van der Waals surface area contributed by atoms with Gasteiger partial charge in [-0.15, -0.1) is 0 Å². The minimum absolute atomic E-state index is 0.270. The molecule has 0 spiro atoms. The summed E-state index contributed by atoms with van der Waals surface area (Å²) in [5, 5.41) is 7.32. The Labute approximate surface area is 135 Å². The zero-order valence-electron chi connectivity index (χ0n) is 12.9. The second-order valence-corrected chi connectivity index (χ2v) is 8.75. The molecule has 0 amide bonds. The van der Waals surface area contributed by atoms with Crippen molar-refractivity contribution in [3.63, 3.8) is 0 Å². The first-order valence-corrected chi connectivity index (χ1v) is 9.86. The van der Waals surface area contributed by atoms with Crippen LogP contribution < -0.4 is 0 Å². The van der Waals surface area contributed by atoms with Gasteiger partial charge >= 0.3 is 0 Å². The van der Waals surface area contributed by atoms with Crippen molar-refractivity contribution < 1.29 is 8.42 Å². The molecule has 1 saturated heterocycles. The minimum atomic E-state index is -2.81. The van der Waals surface area contributed by atoms with Crippen molar-refractivity contribution >= 4 is 9.84 Å². The number of aromatic amines is 1. The molecule has 2 fully saturated rings. The average Bonchev–Trinajstić information content (AvgIpc) is 3.28. The number of benzene rings is 1. The Morgan fingerprint density at radius 1 is 1.13 bits per heavy atom. The monoisotopic (exact) mass is 332 g/mol. The lowest BCUT2D eigenvalue weighted by molar-refractivity contribution is 0.287. The van der Waals surface area contributed by atoms with E-state index in [0.717, 1.165) is 23.8 Å². The summed E-state index contributed by atoms with van der Waals surface area (Å²) in [4.78, 5) is 6.75. The Morgan fingerprint density at radius 3 is 2.48 bits per heavy atom. The number of aromatic nitrogens is 3. The Bertz CT molecular complexity index is 780. The van der Waals surface area contributed by atoms with Gasteiger partial charge in [-0.25, -0.2) is 13.4 Å². The van der Waals surface area contributed by atoms with Gasteiger partial charge in [-0.05, 0) is 18.4 Å². The second kappa shape index (κ2) is 5.72. The molecular formula is C16H20N4O2S. The van der Waals surface area contributed by atoms with Crippen LogP contribution in [0.3, 0.4) is 0 Å². The lowest BCUT2D eigenvalue weighted by Gasteiger charge is -2.26. The molecule has 7 heteroatoms. The van der Waals surface area contributed by atoms with Crippen LogP contribution in [0, 0.1) is 0 Å². The number of sulfone groups is 1. The van der Waals surface area contributed by atoms with Crippen molar-refractivity contribution in [1.82, 2.24) is 20.1 Å². The third kappa shape index (κ3) is 3.45. The fourth-order valence-corrected chi connectivity index (χ4v) is 4.15. The molecule has 2 heterocycles.